The maximum absolute atomic E-state index is 8.99. The van der Waals surface area contributed by atoms with Gasteiger partial charge in [0.05, 0.1) is 0 Å². The number of aliphatic hydroxyl groups excluding tert-OH is 1. The summed E-state index contributed by atoms with van der Waals surface area (Å²) in [5.74, 6) is 1.83. The highest BCUT2D eigenvalue weighted by molar-refractivity contribution is 5.52. The Balaban J connectivity index is 1.87. The van der Waals surface area contributed by atoms with Crippen LogP contribution < -0.4 is 4.90 Å². The van der Waals surface area contributed by atoms with Crippen molar-refractivity contribution in [1.82, 2.24) is 9.38 Å². The minimum absolute atomic E-state index is 0.299. The third kappa shape index (κ3) is 1.89. The summed E-state index contributed by atoms with van der Waals surface area (Å²) in [5, 5.41) is 8.99. The van der Waals surface area contributed by atoms with Crippen molar-refractivity contribution in [2.24, 2.45) is 5.92 Å². The van der Waals surface area contributed by atoms with Crippen molar-refractivity contribution in [1.29, 1.82) is 0 Å². The maximum Gasteiger partial charge on any atom is 0.138 e. The lowest BCUT2D eigenvalue weighted by Gasteiger charge is -2.19. The molecule has 0 spiro atoms. The van der Waals surface area contributed by atoms with Crippen molar-refractivity contribution in [2.75, 3.05) is 24.6 Å². The summed E-state index contributed by atoms with van der Waals surface area (Å²) < 4.78 is 2.13. The van der Waals surface area contributed by atoms with E-state index in [0.717, 1.165) is 25.2 Å². The summed E-state index contributed by atoms with van der Waals surface area (Å²) in [7, 11) is 0. The number of anilines is 1. The first-order chi connectivity index (χ1) is 8.38. The van der Waals surface area contributed by atoms with Crippen LogP contribution in [0, 0.1) is 5.92 Å². The average molecular weight is 231 g/mol. The molecule has 17 heavy (non-hydrogen) atoms. The van der Waals surface area contributed by atoms with Crippen LogP contribution in [0.2, 0.25) is 0 Å². The minimum atomic E-state index is 0.299. The Labute approximate surface area is 101 Å². The predicted octanol–water partition coefficient (Wildman–Crippen LogP) is 1.54. The fraction of sp³-hybridized carbons (Fsp3) is 0.462. The molecular weight excluding hydrogens is 214 g/mol. The number of hydrogen-bond acceptors (Lipinski definition) is 3. The zero-order valence-corrected chi connectivity index (χ0v) is 9.79. The Morgan fingerprint density at radius 1 is 1.41 bits per heavy atom. The second-order valence-electron chi connectivity index (χ2n) is 4.65. The van der Waals surface area contributed by atoms with E-state index >= 15 is 0 Å². The molecule has 0 aliphatic carbocycles. The van der Waals surface area contributed by atoms with Gasteiger partial charge in [0.1, 0.15) is 11.5 Å². The first-order valence-corrected chi connectivity index (χ1v) is 6.16. The molecule has 1 saturated heterocycles. The zero-order chi connectivity index (χ0) is 11.7. The van der Waals surface area contributed by atoms with Gasteiger partial charge in [0, 0.05) is 32.1 Å². The molecule has 4 nitrogen and oxygen atoms in total. The van der Waals surface area contributed by atoms with E-state index in [1.165, 1.54) is 12.2 Å². The van der Waals surface area contributed by atoms with Gasteiger partial charge in [0.2, 0.25) is 0 Å². The SMILES string of the molecule is OCCC1CCN(c2cccc3nccn23)C1. The van der Waals surface area contributed by atoms with Crippen LogP contribution in [0.25, 0.3) is 5.65 Å². The van der Waals surface area contributed by atoms with Crippen LogP contribution in [0.1, 0.15) is 12.8 Å². The summed E-state index contributed by atoms with van der Waals surface area (Å²) >= 11 is 0. The molecule has 1 unspecified atom stereocenters. The van der Waals surface area contributed by atoms with Crippen LogP contribution in [0.3, 0.4) is 0 Å². The molecular formula is C13H17N3O. The molecule has 1 atom stereocenters. The smallest absolute Gasteiger partial charge is 0.138 e. The Kier molecular flexibility index (Phi) is 2.73. The fourth-order valence-corrected chi connectivity index (χ4v) is 2.65. The molecule has 0 radical (unpaired) electrons. The lowest BCUT2D eigenvalue weighted by Crippen LogP contribution is -2.22. The van der Waals surface area contributed by atoms with E-state index in [1.54, 1.807) is 0 Å². The number of hydrogen-bond donors (Lipinski definition) is 1. The summed E-state index contributed by atoms with van der Waals surface area (Å²) in [6.45, 7) is 2.41. The number of nitrogens with zero attached hydrogens (tertiary/aromatic N) is 3. The van der Waals surface area contributed by atoms with Gasteiger partial charge in [0.25, 0.3) is 0 Å². The highest BCUT2D eigenvalue weighted by Gasteiger charge is 2.23. The van der Waals surface area contributed by atoms with Gasteiger partial charge in [-0.15, -0.1) is 0 Å². The normalized spacial score (nSPS) is 20.3. The van der Waals surface area contributed by atoms with Gasteiger partial charge >= 0.3 is 0 Å². The fourth-order valence-electron chi connectivity index (χ4n) is 2.65. The number of imidazole rings is 1. The zero-order valence-electron chi connectivity index (χ0n) is 9.79. The van der Waals surface area contributed by atoms with Gasteiger partial charge in [-0.25, -0.2) is 4.98 Å². The van der Waals surface area contributed by atoms with Crippen molar-refractivity contribution in [3.63, 3.8) is 0 Å². The molecule has 0 aromatic carbocycles. The second-order valence-corrected chi connectivity index (χ2v) is 4.65. The molecule has 1 fully saturated rings. The largest absolute Gasteiger partial charge is 0.396 e. The molecule has 2 aromatic heterocycles. The molecule has 0 amide bonds. The average Bonchev–Trinajstić information content (AvgIpc) is 2.96. The van der Waals surface area contributed by atoms with Crippen molar-refractivity contribution < 1.29 is 5.11 Å². The molecule has 1 N–H and O–H groups in total. The van der Waals surface area contributed by atoms with E-state index < -0.39 is 0 Å². The van der Waals surface area contributed by atoms with E-state index in [2.05, 4.69) is 26.4 Å². The van der Waals surface area contributed by atoms with Crippen LogP contribution in [0.15, 0.2) is 30.6 Å². The van der Waals surface area contributed by atoms with Crippen molar-refractivity contribution in [2.45, 2.75) is 12.8 Å². The van der Waals surface area contributed by atoms with E-state index in [0.29, 0.717) is 12.5 Å². The molecule has 90 valence electrons. The number of fused-ring (bicyclic) bond motifs is 1. The summed E-state index contributed by atoms with van der Waals surface area (Å²) in [5.41, 5.74) is 0.994. The standard InChI is InChI=1S/C13H17N3O/c17-9-5-11-4-7-15(10-11)13-3-1-2-12-14-6-8-16(12)13/h1-3,6,8,11,17H,4-5,7,9-10H2. The summed E-state index contributed by atoms with van der Waals surface area (Å²) in [4.78, 5) is 6.69. The first-order valence-electron chi connectivity index (χ1n) is 6.16. The lowest BCUT2D eigenvalue weighted by atomic mass is 10.1. The molecule has 0 saturated carbocycles. The third-order valence-electron chi connectivity index (χ3n) is 3.55. The van der Waals surface area contributed by atoms with E-state index in [1.807, 2.05) is 18.5 Å². The van der Waals surface area contributed by atoms with Gasteiger partial charge in [-0.3, -0.25) is 4.40 Å². The van der Waals surface area contributed by atoms with E-state index in [4.69, 9.17) is 5.11 Å². The van der Waals surface area contributed by atoms with Crippen molar-refractivity contribution in [3.05, 3.63) is 30.6 Å². The number of rotatable bonds is 3. The lowest BCUT2D eigenvalue weighted by molar-refractivity contribution is 0.263. The van der Waals surface area contributed by atoms with Gasteiger partial charge in [0.15, 0.2) is 0 Å². The number of pyridine rings is 1. The molecule has 1 aliphatic rings. The number of aliphatic hydroxyl groups is 1. The Morgan fingerprint density at radius 3 is 3.24 bits per heavy atom. The maximum atomic E-state index is 8.99. The topological polar surface area (TPSA) is 40.8 Å². The molecule has 1 aliphatic heterocycles. The van der Waals surface area contributed by atoms with Crippen molar-refractivity contribution >= 4 is 11.5 Å². The molecule has 0 bridgehead atoms. The Hall–Kier alpha value is -1.55. The second kappa shape index (κ2) is 4.37. The van der Waals surface area contributed by atoms with E-state index in [9.17, 15) is 0 Å². The van der Waals surface area contributed by atoms with Gasteiger partial charge < -0.3 is 10.0 Å². The highest BCUT2D eigenvalue weighted by atomic mass is 16.3. The monoisotopic (exact) mass is 231 g/mol. The van der Waals surface area contributed by atoms with E-state index in [-0.39, 0.29) is 0 Å². The molecule has 2 aromatic rings. The quantitative estimate of drug-likeness (QED) is 0.871. The van der Waals surface area contributed by atoms with Gasteiger partial charge in [-0.1, -0.05) is 6.07 Å². The summed E-state index contributed by atoms with van der Waals surface area (Å²) in [6.07, 6.45) is 5.92. The minimum Gasteiger partial charge on any atom is -0.396 e. The molecule has 3 heterocycles. The molecule has 4 heteroatoms. The van der Waals surface area contributed by atoms with Gasteiger partial charge in [-0.05, 0) is 30.9 Å². The highest BCUT2D eigenvalue weighted by Crippen LogP contribution is 2.25. The first kappa shape index (κ1) is 10.6. The van der Waals surface area contributed by atoms with Gasteiger partial charge in [-0.2, -0.15) is 0 Å². The van der Waals surface area contributed by atoms with Crippen molar-refractivity contribution in [3.8, 4) is 0 Å². The number of aromatic nitrogens is 2. The van der Waals surface area contributed by atoms with Crippen LogP contribution >= 0.6 is 0 Å². The van der Waals surface area contributed by atoms with Crippen LogP contribution in [0.4, 0.5) is 5.82 Å². The Bertz CT molecular complexity index is 508. The van der Waals surface area contributed by atoms with Crippen LogP contribution in [-0.2, 0) is 0 Å². The summed E-state index contributed by atoms with van der Waals surface area (Å²) in [6, 6.07) is 6.21. The third-order valence-corrected chi connectivity index (χ3v) is 3.55. The predicted molar refractivity (Wildman–Crippen MR) is 67.2 cm³/mol. The van der Waals surface area contributed by atoms with Crippen LogP contribution in [-0.4, -0.2) is 34.2 Å². The molecule has 3 rings (SSSR count). The van der Waals surface area contributed by atoms with Crippen LogP contribution in [0.5, 0.6) is 0 Å². The Morgan fingerprint density at radius 2 is 2.35 bits per heavy atom.